The summed E-state index contributed by atoms with van der Waals surface area (Å²) in [4.78, 5) is 27.5. The van der Waals surface area contributed by atoms with Gasteiger partial charge in [-0.15, -0.1) is 0 Å². The van der Waals surface area contributed by atoms with Gasteiger partial charge in [-0.1, -0.05) is 30.3 Å². The zero-order chi connectivity index (χ0) is 20.5. The predicted molar refractivity (Wildman–Crippen MR) is 119 cm³/mol. The summed E-state index contributed by atoms with van der Waals surface area (Å²) in [5.74, 6) is 3.45. The molecule has 0 bridgehead atoms. The molecule has 2 aromatic rings. The largest absolute Gasteiger partial charge is 0.356 e. The molecule has 1 atom stereocenters. The summed E-state index contributed by atoms with van der Waals surface area (Å²) in [6.07, 6.45) is 7.59. The van der Waals surface area contributed by atoms with E-state index >= 15 is 0 Å². The summed E-state index contributed by atoms with van der Waals surface area (Å²) in [5.41, 5.74) is 3.57. The van der Waals surface area contributed by atoms with Crippen LogP contribution < -0.4 is 4.90 Å². The Balaban J connectivity index is 1.33. The second kappa shape index (κ2) is 8.37. The summed E-state index contributed by atoms with van der Waals surface area (Å²) in [6, 6.07) is 10.1. The number of carbonyl (C=O) groups is 1. The van der Waals surface area contributed by atoms with Crippen LogP contribution in [0.15, 0.2) is 30.3 Å². The van der Waals surface area contributed by atoms with Crippen molar-refractivity contribution in [2.24, 2.45) is 5.92 Å². The van der Waals surface area contributed by atoms with Gasteiger partial charge in [-0.2, -0.15) is 0 Å². The molecule has 5 rings (SSSR count). The summed E-state index contributed by atoms with van der Waals surface area (Å²) in [6.45, 7) is 6.00. The topological polar surface area (TPSA) is 49.3 Å². The van der Waals surface area contributed by atoms with Gasteiger partial charge in [-0.25, -0.2) is 9.97 Å². The molecule has 1 aliphatic carbocycles. The first-order valence-corrected chi connectivity index (χ1v) is 11.6. The molecule has 0 radical (unpaired) electrons. The van der Waals surface area contributed by atoms with Gasteiger partial charge in [-0.05, 0) is 56.9 Å². The third-order valence-corrected chi connectivity index (χ3v) is 6.88. The molecule has 2 fully saturated rings. The van der Waals surface area contributed by atoms with Gasteiger partial charge < -0.3 is 9.80 Å². The molecule has 1 amide bonds. The van der Waals surface area contributed by atoms with Crippen LogP contribution in [-0.2, 0) is 17.6 Å². The number of amides is 1. The van der Waals surface area contributed by atoms with Crippen LogP contribution in [0, 0.1) is 12.8 Å². The minimum atomic E-state index is 0.218. The van der Waals surface area contributed by atoms with Crippen molar-refractivity contribution in [1.29, 1.82) is 0 Å². The predicted octanol–water partition coefficient (Wildman–Crippen LogP) is 3.90. The number of likely N-dealkylation sites (tertiary alicyclic amines) is 1. The normalized spacial score (nSPS) is 21.4. The van der Waals surface area contributed by atoms with Crippen LogP contribution in [0.2, 0.25) is 0 Å². The fraction of sp³-hybridized carbons (Fsp3) is 0.560. The molecule has 1 saturated carbocycles. The number of anilines is 1. The average molecular weight is 405 g/mol. The molecule has 1 aromatic carbocycles. The minimum absolute atomic E-state index is 0.218. The van der Waals surface area contributed by atoms with Crippen LogP contribution >= 0.6 is 0 Å². The highest BCUT2D eigenvalue weighted by atomic mass is 16.2. The fourth-order valence-electron chi connectivity index (χ4n) is 4.98. The van der Waals surface area contributed by atoms with Gasteiger partial charge in [-0.3, -0.25) is 4.79 Å². The van der Waals surface area contributed by atoms with Crippen molar-refractivity contribution >= 4 is 11.7 Å². The average Bonchev–Trinajstić information content (AvgIpc) is 3.59. The number of rotatable bonds is 5. The Morgan fingerprint density at radius 1 is 1.07 bits per heavy atom. The van der Waals surface area contributed by atoms with Crippen molar-refractivity contribution in [2.45, 2.75) is 57.8 Å². The van der Waals surface area contributed by atoms with Crippen LogP contribution in [0.1, 0.15) is 60.7 Å². The van der Waals surface area contributed by atoms with Gasteiger partial charge >= 0.3 is 0 Å². The molecular formula is C25H32N4O. The Kier molecular flexibility index (Phi) is 5.45. The second-order valence-corrected chi connectivity index (χ2v) is 9.30. The zero-order valence-corrected chi connectivity index (χ0v) is 18.0. The molecule has 0 spiro atoms. The molecule has 0 unspecified atom stereocenters. The highest BCUT2D eigenvalue weighted by Crippen LogP contribution is 2.36. The maximum absolute atomic E-state index is 12.9. The number of benzene rings is 1. The number of aryl methyl sites for hydroxylation is 1. The van der Waals surface area contributed by atoms with Gasteiger partial charge in [0.1, 0.15) is 11.6 Å². The van der Waals surface area contributed by atoms with E-state index in [1.54, 1.807) is 0 Å². The molecule has 3 heterocycles. The number of fused-ring (bicyclic) bond motifs is 1. The van der Waals surface area contributed by atoms with E-state index in [2.05, 4.69) is 11.8 Å². The van der Waals surface area contributed by atoms with Gasteiger partial charge in [0, 0.05) is 43.4 Å². The van der Waals surface area contributed by atoms with E-state index in [1.807, 2.05) is 35.2 Å². The van der Waals surface area contributed by atoms with Crippen LogP contribution in [0.25, 0.3) is 0 Å². The van der Waals surface area contributed by atoms with Crippen molar-refractivity contribution in [1.82, 2.24) is 14.9 Å². The number of nitrogens with zero attached hydrogens (tertiary/aromatic N) is 4. The van der Waals surface area contributed by atoms with Gasteiger partial charge in [0.05, 0.1) is 6.42 Å². The Morgan fingerprint density at radius 2 is 1.90 bits per heavy atom. The Hall–Kier alpha value is -2.43. The molecule has 3 aliphatic rings. The van der Waals surface area contributed by atoms with Crippen molar-refractivity contribution in [3.63, 3.8) is 0 Å². The molecule has 158 valence electrons. The number of carbonyl (C=O) groups excluding carboxylic acids is 1. The molecule has 2 aliphatic heterocycles. The number of piperidine rings is 1. The first kappa shape index (κ1) is 19.5. The van der Waals surface area contributed by atoms with Crippen molar-refractivity contribution in [3.05, 3.63) is 53.0 Å². The Labute approximate surface area is 179 Å². The monoisotopic (exact) mass is 404 g/mol. The van der Waals surface area contributed by atoms with E-state index in [-0.39, 0.29) is 11.8 Å². The highest BCUT2D eigenvalue weighted by molar-refractivity contribution is 5.79. The van der Waals surface area contributed by atoms with E-state index in [4.69, 9.17) is 9.97 Å². The van der Waals surface area contributed by atoms with Gasteiger partial charge in [0.2, 0.25) is 5.91 Å². The Bertz CT molecular complexity index is 909. The van der Waals surface area contributed by atoms with Crippen LogP contribution in [0.4, 0.5) is 5.82 Å². The molecule has 1 aromatic heterocycles. The summed E-state index contributed by atoms with van der Waals surface area (Å²) in [7, 11) is 0. The lowest BCUT2D eigenvalue weighted by atomic mass is 9.95. The zero-order valence-electron chi connectivity index (χ0n) is 18.0. The molecule has 5 heteroatoms. The first-order chi connectivity index (χ1) is 14.7. The van der Waals surface area contributed by atoms with E-state index in [1.165, 1.54) is 30.6 Å². The molecule has 30 heavy (non-hydrogen) atoms. The minimum Gasteiger partial charge on any atom is -0.356 e. The molecule has 0 N–H and O–H groups in total. The maximum Gasteiger partial charge on any atom is 0.227 e. The quantitative estimate of drug-likeness (QED) is 0.758. The van der Waals surface area contributed by atoms with Crippen molar-refractivity contribution in [2.75, 3.05) is 31.1 Å². The van der Waals surface area contributed by atoms with E-state index < -0.39 is 0 Å². The number of aromatic nitrogens is 2. The lowest BCUT2D eigenvalue weighted by molar-refractivity contribution is -0.131. The van der Waals surface area contributed by atoms with Crippen LogP contribution in [0.5, 0.6) is 0 Å². The third kappa shape index (κ3) is 4.21. The van der Waals surface area contributed by atoms with E-state index in [0.29, 0.717) is 6.42 Å². The number of hydrogen-bond donors (Lipinski definition) is 0. The summed E-state index contributed by atoms with van der Waals surface area (Å²) >= 11 is 0. The molecule has 5 nitrogen and oxygen atoms in total. The lowest BCUT2D eigenvalue weighted by Crippen LogP contribution is -2.40. The van der Waals surface area contributed by atoms with Crippen molar-refractivity contribution < 1.29 is 4.79 Å². The lowest BCUT2D eigenvalue weighted by Gasteiger charge is -2.34. The van der Waals surface area contributed by atoms with E-state index in [9.17, 15) is 4.79 Å². The smallest absolute Gasteiger partial charge is 0.227 e. The van der Waals surface area contributed by atoms with Crippen LogP contribution in [0.3, 0.4) is 0 Å². The third-order valence-electron chi connectivity index (χ3n) is 6.88. The van der Waals surface area contributed by atoms with Crippen molar-refractivity contribution in [3.8, 4) is 0 Å². The molecular weight excluding hydrogens is 372 g/mol. The maximum atomic E-state index is 12.9. The number of hydrogen-bond acceptors (Lipinski definition) is 4. The fourth-order valence-corrected chi connectivity index (χ4v) is 4.98. The Morgan fingerprint density at radius 3 is 2.70 bits per heavy atom. The summed E-state index contributed by atoms with van der Waals surface area (Å²) in [5, 5.41) is 0. The second-order valence-electron chi connectivity index (χ2n) is 9.30. The summed E-state index contributed by atoms with van der Waals surface area (Å²) < 4.78 is 0. The SMILES string of the molecule is Cc1nc([C@H]2CCCN(C(=O)Cc3ccccc3)C2)nc2c1CCCN2CC1CC1. The van der Waals surface area contributed by atoms with E-state index in [0.717, 1.165) is 68.4 Å². The van der Waals surface area contributed by atoms with Gasteiger partial charge in [0.15, 0.2) is 0 Å². The van der Waals surface area contributed by atoms with Crippen LogP contribution in [-0.4, -0.2) is 47.0 Å². The van der Waals surface area contributed by atoms with Gasteiger partial charge in [0.25, 0.3) is 0 Å². The standard InChI is InChI=1S/C25H32N4O/c1-18-22-10-6-14-29(16-20-11-12-20)25(22)27-24(26-18)21-9-5-13-28(17-21)23(30)15-19-7-3-2-4-8-19/h2-4,7-8,20-21H,5-6,9-17H2,1H3/t21-/m0/s1. The highest BCUT2D eigenvalue weighted by Gasteiger charge is 2.31. The molecule has 1 saturated heterocycles. The first-order valence-electron chi connectivity index (χ1n) is 11.6.